The molecule has 0 atom stereocenters. The zero-order valence-corrected chi connectivity index (χ0v) is 19.8. The summed E-state index contributed by atoms with van der Waals surface area (Å²) in [6.07, 6.45) is 0.884. The molecule has 0 unspecified atom stereocenters. The highest BCUT2D eigenvalue weighted by Gasteiger charge is 2.15. The van der Waals surface area contributed by atoms with Gasteiger partial charge in [-0.1, -0.05) is 26.0 Å². The number of aromatic nitrogens is 1. The Kier molecular flexibility index (Phi) is 9.75. The van der Waals surface area contributed by atoms with E-state index in [0.717, 1.165) is 66.7 Å². The van der Waals surface area contributed by atoms with Crippen LogP contribution in [-0.4, -0.2) is 66.3 Å². The van der Waals surface area contributed by atoms with E-state index in [1.807, 2.05) is 19.1 Å². The zero-order chi connectivity index (χ0) is 22.1. The van der Waals surface area contributed by atoms with Gasteiger partial charge in [0, 0.05) is 44.3 Å². The normalized spacial score (nSPS) is 11.3. The minimum atomic E-state index is -0.0498. The van der Waals surface area contributed by atoms with Crippen molar-refractivity contribution in [3.05, 3.63) is 45.2 Å². The van der Waals surface area contributed by atoms with E-state index in [2.05, 4.69) is 46.9 Å². The first-order valence-corrected chi connectivity index (χ1v) is 11.2. The van der Waals surface area contributed by atoms with Crippen molar-refractivity contribution in [1.29, 1.82) is 0 Å². The summed E-state index contributed by atoms with van der Waals surface area (Å²) < 4.78 is 5.12. The van der Waals surface area contributed by atoms with Crippen molar-refractivity contribution in [2.24, 2.45) is 0 Å². The number of nitrogens with one attached hydrogen (secondary N) is 2. The number of methoxy groups -OCH3 is 1. The summed E-state index contributed by atoms with van der Waals surface area (Å²) in [5, 5.41) is 5.09. The number of nitrogens with zero attached hydrogens (tertiary/aromatic N) is 2. The van der Waals surface area contributed by atoms with Gasteiger partial charge < -0.3 is 24.8 Å². The van der Waals surface area contributed by atoms with Gasteiger partial charge in [-0.2, -0.15) is 0 Å². The number of aryl methyl sites for hydroxylation is 2. The number of H-pyrrole nitrogens is 1. The molecule has 2 rings (SSSR count). The van der Waals surface area contributed by atoms with Crippen LogP contribution < -0.4 is 10.9 Å². The molecule has 2 N–H and O–H groups in total. The first-order chi connectivity index (χ1) is 14.4. The van der Waals surface area contributed by atoms with Crippen molar-refractivity contribution in [1.82, 2.24) is 20.1 Å². The summed E-state index contributed by atoms with van der Waals surface area (Å²) in [6, 6.07) is 6.16. The van der Waals surface area contributed by atoms with Crippen LogP contribution in [0.4, 0.5) is 0 Å². The minimum absolute atomic E-state index is 0.0498. The first kappa shape index (κ1) is 24.3. The molecule has 0 aliphatic rings. The van der Waals surface area contributed by atoms with Gasteiger partial charge in [-0.15, -0.1) is 0 Å². The lowest BCUT2D eigenvalue weighted by atomic mass is 10.0. The monoisotopic (exact) mass is 432 g/mol. The maximum Gasteiger partial charge on any atom is 0.253 e. The number of pyridine rings is 1. The summed E-state index contributed by atoms with van der Waals surface area (Å²) >= 11 is 5.68. The van der Waals surface area contributed by atoms with Gasteiger partial charge in [0.1, 0.15) is 0 Å². The van der Waals surface area contributed by atoms with Crippen LogP contribution in [-0.2, 0) is 11.3 Å². The number of hydrogen-bond acceptors (Lipinski definition) is 4. The standard InChI is InChI=1S/C23H36N4O2S/c1-6-26(7-2)12-13-27(23(30)24-11-8-14-29-5)16-19-15-20-17(3)9-10-18(4)21(20)25-22(19)28/h9-10,15H,6-8,11-14,16H2,1-5H3,(H,24,30)(H,25,28). The largest absolute Gasteiger partial charge is 0.385 e. The SMILES string of the molecule is CCN(CC)CCN(Cc1cc2c(C)ccc(C)c2[nH]c1=O)C(=S)NCCCOC. The van der Waals surface area contributed by atoms with Crippen LogP contribution in [0.2, 0.25) is 0 Å². The number of benzene rings is 1. The third-order valence-electron chi connectivity index (χ3n) is 5.55. The molecule has 1 aromatic heterocycles. The molecule has 0 saturated heterocycles. The molecule has 0 radical (unpaired) electrons. The Bertz CT molecular complexity index is 893. The Balaban J connectivity index is 2.25. The zero-order valence-electron chi connectivity index (χ0n) is 19.0. The molecule has 2 aromatic rings. The van der Waals surface area contributed by atoms with Gasteiger partial charge in [-0.3, -0.25) is 4.79 Å². The summed E-state index contributed by atoms with van der Waals surface area (Å²) in [5.74, 6) is 0. The number of ether oxygens (including phenoxy) is 1. The van der Waals surface area contributed by atoms with Gasteiger partial charge in [0.05, 0.1) is 12.1 Å². The van der Waals surface area contributed by atoms with Gasteiger partial charge in [0.25, 0.3) is 5.56 Å². The fourth-order valence-electron chi connectivity index (χ4n) is 3.52. The molecule has 0 amide bonds. The van der Waals surface area contributed by atoms with E-state index in [0.29, 0.717) is 18.3 Å². The van der Waals surface area contributed by atoms with Crippen LogP contribution >= 0.6 is 12.2 Å². The number of rotatable bonds is 11. The van der Waals surface area contributed by atoms with Gasteiger partial charge in [-0.25, -0.2) is 0 Å². The van der Waals surface area contributed by atoms with Crippen molar-refractivity contribution in [3.63, 3.8) is 0 Å². The van der Waals surface area contributed by atoms with Crippen molar-refractivity contribution >= 4 is 28.2 Å². The van der Waals surface area contributed by atoms with Crippen molar-refractivity contribution in [2.75, 3.05) is 46.4 Å². The smallest absolute Gasteiger partial charge is 0.253 e. The van der Waals surface area contributed by atoms with E-state index in [1.54, 1.807) is 7.11 Å². The molecular weight excluding hydrogens is 396 g/mol. The highest BCUT2D eigenvalue weighted by Crippen LogP contribution is 2.20. The first-order valence-electron chi connectivity index (χ1n) is 10.8. The van der Waals surface area contributed by atoms with Crippen LogP contribution in [0.1, 0.15) is 37.0 Å². The van der Waals surface area contributed by atoms with Gasteiger partial charge in [0.2, 0.25) is 0 Å². The Morgan fingerprint density at radius 2 is 1.87 bits per heavy atom. The maximum absolute atomic E-state index is 12.8. The molecule has 6 nitrogen and oxygen atoms in total. The van der Waals surface area contributed by atoms with Gasteiger partial charge >= 0.3 is 0 Å². The van der Waals surface area contributed by atoms with E-state index in [1.165, 1.54) is 0 Å². The van der Waals surface area contributed by atoms with Crippen LogP contribution in [0.3, 0.4) is 0 Å². The predicted molar refractivity (Wildman–Crippen MR) is 129 cm³/mol. The lowest BCUT2D eigenvalue weighted by Gasteiger charge is -2.29. The van der Waals surface area contributed by atoms with E-state index >= 15 is 0 Å². The Labute approximate surface area is 185 Å². The lowest BCUT2D eigenvalue weighted by molar-refractivity contribution is 0.195. The second-order valence-electron chi connectivity index (χ2n) is 7.64. The van der Waals surface area contributed by atoms with E-state index in [9.17, 15) is 4.79 Å². The molecule has 0 fully saturated rings. The molecule has 0 aliphatic carbocycles. The molecule has 30 heavy (non-hydrogen) atoms. The lowest BCUT2D eigenvalue weighted by Crippen LogP contribution is -2.44. The Morgan fingerprint density at radius 1 is 1.17 bits per heavy atom. The highest BCUT2D eigenvalue weighted by atomic mass is 32.1. The van der Waals surface area contributed by atoms with Crippen molar-refractivity contribution in [3.8, 4) is 0 Å². The minimum Gasteiger partial charge on any atom is -0.385 e. The average molecular weight is 433 g/mol. The molecule has 166 valence electrons. The third-order valence-corrected chi connectivity index (χ3v) is 5.95. The van der Waals surface area contributed by atoms with Crippen LogP contribution in [0, 0.1) is 13.8 Å². The summed E-state index contributed by atoms with van der Waals surface area (Å²) in [4.78, 5) is 20.4. The molecule has 7 heteroatoms. The average Bonchev–Trinajstić information content (AvgIpc) is 2.74. The van der Waals surface area contributed by atoms with Crippen molar-refractivity contribution in [2.45, 2.75) is 40.7 Å². The number of thiocarbonyl (C=S) groups is 1. The Morgan fingerprint density at radius 3 is 2.53 bits per heavy atom. The van der Waals surface area contributed by atoms with Crippen LogP contribution in [0.25, 0.3) is 10.9 Å². The molecule has 0 saturated carbocycles. The highest BCUT2D eigenvalue weighted by molar-refractivity contribution is 7.80. The summed E-state index contributed by atoms with van der Waals surface area (Å²) in [6.45, 7) is 14.0. The molecule has 0 bridgehead atoms. The molecule has 0 spiro atoms. The topological polar surface area (TPSA) is 60.6 Å². The van der Waals surface area contributed by atoms with E-state index in [4.69, 9.17) is 17.0 Å². The number of hydrogen-bond donors (Lipinski definition) is 2. The summed E-state index contributed by atoms with van der Waals surface area (Å²) in [7, 11) is 1.70. The number of likely N-dealkylation sites (N-methyl/N-ethyl adjacent to an activating group) is 1. The molecule has 1 aromatic carbocycles. The van der Waals surface area contributed by atoms with Crippen LogP contribution in [0.15, 0.2) is 23.0 Å². The van der Waals surface area contributed by atoms with Gasteiger partial charge in [0.15, 0.2) is 5.11 Å². The van der Waals surface area contributed by atoms with Gasteiger partial charge in [-0.05, 0) is 62.8 Å². The number of fused-ring (bicyclic) bond motifs is 1. The quantitative estimate of drug-likeness (QED) is 0.420. The summed E-state index contributed by atoms with van der Waals surface area (Å²) in [5.41, 5.74) is 3.83. The molecule has 1 heterocycles. The third kappa shape index (κ3) is 6.52. The molecular formula is C23H36N4O2S. The predicted octanol–water partition coefficient (Wildman–Crippen LogP) is 3.20. The van der Waals surface area contributed by atoms with E-state index < -0.39 is 0 Å². The Hall–Kier alpha value is -1.96. The fraction of sp³-hybridized carbons (Fsp3) is 0.565. The van der Waals surface area contributed by atoms with E-state index in [-0.39, 0.29) is 5.56 Å². The number of aromatic amines is 1. The molecule has 0 aliphatic heterocycles. The van der Waals surface area contributed by atoms with Crippen molar-refractivity contribution < 1.29 is 4.74 Å². The fourth-order valence-corrected chi connectivity index (χ4v) is 3.78. The second-order valence-corrected chi connectivity index (χ2v) is 8.03. The maximum atomic E-state index is 12.8. The van der Waals surface area contributed by atoms with Crippen LogP contribution in [0.5, 0.6) is 0 Å². The second kappa shape index (κ2) is 12.0.